The third-order valence-corrected chi connectivity index (χ3v) is 2.27. The van der Waals surface area contributed by atoms with Crippen molar-refractivity contribution in [1.29, 1.82) is 0 Å². The average molecular weight is 181 g/mol. The maximum absolute atomic E-state index is 10.5. The molecule has 1 aromatic heterocycles. The van der Waals surface area contributed by atoms with Crippen LogP contribution in [-0.2, 0) is 0 Å². The average Bonchev–Trinajstić information content (AvgIpc) is 2.44. The molecule has 0 saturated heterocycles. The monoisotopic (exact) mass is 181 g/mol. The zero-order valence-electron chi connectivity index (χ0n) is 7.12. The third kappa shape index (κ3) is 1.66. The Labute approximate surface area is 75.6 Å². The summed E-state index contributed by atoms with van der Waals surface area (Å²) in [6.07, 6.45) is 3.52. The molecule has 0 radical (unpaired) electrons. The van der Waals surface area contributed by atoms with Crippen molar-refractivity contribution in [3.05, 3.63) is 17.9 Å². The molecule has 0 bridgehead atoms. The molecule has 4 heteroatoms. The van der Waals surface area contributed by atoms with Crippen LogP contribution >= 0.6 is 0 Å². The van der Waals surface area contributed by atoms with Crippen LogP contribution in [0.3, 0.4) is 0 Å². The Morgan fingerprint density at radius 1 is 1.54 bits per heavy atom. The van der Waals surface area contributed by atoms with E-state index in [-0.39, 0.29) is 5.76 Å². The van der Waals surface area contributed by atoms with Gasteiger partial charge in [0.05, 0.1) is 0 Å². The Morgan fingerprint density at radius 2 is 2.31 bits per heavy atom. The summed E-state index contributed by atoms with van der Waals surface area (Å²) in [5.74, 6) is -0.481. The lowest BCUT2D eigenvalue weighted by Gasteiger charge is -2.25. The molecule has 1 fully saturated rings. The quantitative estimate of drug-likeness (QED) is 0.748. The van der Waals surface area contributed by atoms with Crippen molar-refractivity contribution in [2.45, 2.75) is 25.3 Å². The smallest absolute Gasteiger partial charge is 0.371 e. The number of carboxylic acid groups (broad SMARTS) is 1. The second kappa shape index (κ2) is 3.12. The molecule has 2 rings (SSSR count). The summed E-state index contributed by atoms with van der Waals surface area (Å²) in [6, 6.07) is 3.58. The molecule has 2 N–H and O–H groups in total. The Balaban J connectivity index is 2.00. The van der Waals surface area contributed by atoms with Crippen molar-refractivity contribution >= 4 is 11.9 Å². The van der Waals surface area contributed by atoms with Crippen LogP contribution in [-0.4, -0.2) is 17.1 Å². The van der Waals surface area contributed by atoms with Gasteiger partial charge >= 0.3 is 5.97 Å². The summed E-state index contributed by atoms with van der Waals surface area (Å²) in [5.41, 5.74) is 0. The molecule has 1 aliphatic rings. The number of furan rings is 1. The van der Waals surface area contributed by atoms with Gasteiger partial charge in [0.1, 0.15) is 0 Å². The van der Waals surface area contributed by atoms with Crippen LogP contribution in [0.5, 0.6) is 0 Å². The van der Waals surface area contributed by atoms with Crippen LogP contribution in [0.25, 0.3) is 0 Å². The van der Waals surface area contributed by atoms with E-state index in [2.05, 4.69) is 5.32 Å². The second-order valence-electron chi connectivity index (χ2n) is 3.24. The lowest BCUT2D eigenvalue weighted by molar-refractivity contribution is 0.0663. The van der Waals surface area contributed by atoms with Gasteiger partial charge in [-0.2, -0.15) is 0 Å². The summed E-state index contributed by atoms with van der Waals surface area (Å²) in [6.45, 7) is 0. The van der Waals surface area contributed by atoms with Crippen LogP contribution in [0.15, 0.2) is 16.5 Å². The molecule has 1 aromatic rings. The highest BCUT2D eigenvalue weighted by molar-refractivity contribution is 5.84. The molecule has 0 atom stereocenters. The molecular weight excluding hydrogens is 170 g/mol. The number of anilines is 1. The summed E-state index contributed by atoms with van der Waals surface area (Å²) in [7, 11) is 0. The molecule has 13 heavy (non-hydrogen) atoms. The number of hydrogen-bond acceptors (Lipinski definition) is 3. The number of rotatable bonds is 3. The van der Waals surface area contributed by atoms with E-state index in [4.69, 9.17) is 9.52 Å². The maximum atomic E-state index is 10.5. The predicted octanol–water partition coefficient (Wildman–Crippen LogP) is 1.94. The van der Waals surface area contributed by atoms with Gasteiger partial charge in [0.25, 0.3) is 0 Å². The first-order chi connectivity index (χ1) is 6.25. The number of nitrogens with one attached hydrogen (secondary N) is 1. The van der Waals surface area contributed by atoms with E-state index < -0.39 is 5.97 Å². The number of hydrogen-bond donors (Lipinski definition) is 2. The molecule has 0 unspecified atom stereocenters. The van der Waals surface area contributed by atoms with E-state index in [1.165, 1.54) is 12.5 Å². The highest BCUT2D eigenvalue weighted by atomic mass is 16.4. The van der Waals surface area contributed by atoms with Gasteiger partial charge in [0, 0.05) is 12.1 Å². The van der Waals surface area contributed by atoms with Crippen LogP contribution in [0.2, 0.25) is 0 Å². The summed E-state index contributed by atoms with van der Waals surface area (Å²) < 4.78 is 5.04. The van der Waals surface area contributed by atoms with E-state index in [0.717, 1.165) is 12.8 Å². The van der Waals surface area contributed by atoms with Gasteiger partial charge in [-0.1, -0.05) is 0 Å². The fraction of sp³-hybridized carbons (Fsp3) is 0.444. The summed E-state index contributed by atoms with van der Waals surface area (Å²) in [5, 5.41) is 11.7. The largest absolute Gasteiger partial charge is 0.475 e. The van der Waals surface area contributed by atoms with Crippen molar-refractivity contribution in [1.82, 2.24) is 0 Å². The highest BCUT2D eigenvalue weighted by Gasteiger charge is 2.18. The van der Waals surface area contributed by atoms with Crippen LogP contribution in [0, 0.1) is 0 Å². The van der Waals surface area contributed by atoms with Crippen molar-refractivity contribution < 1.29 is 14.3 Å². The van der Waals surface area contributed by atoms with Crippen LogP contribution < -0.4 is 5.32 Å². The van der Waals surface area contributed by atoms with Crippen molar-refractivity contribution in [2.75, 3.05) is 5.32 Å². The molecule has 0 amide bonds. The van der Waals surface area contributed by atoms with E-state index >= 15 is 0 Å². The van der Waals surface area contributed by atoms with Gasteiger partial charge in [-0.15, -0.1) is 0 Å². The van der Waals surface area contributed by atoms with E-state index in [0.29, 0.717) is 11.9 Å². The molecule has 70 valence electrons. The summed E-state index contributed by atoms with van der Waals surface area (Å²) >= 11 is 0. The van der Waals surface area contributed by atoms with Crippen molar-refractivity contribution in [3.8, 4) is 0 Å². The zero-order valence-corrected chi connectivity index (χ0v) is 7.12. The van der Waals surface area contributed by atoms with E-state index in [1.54, 1.807) is 6.07 Å². The SMILES string of the molecule is O=C(O)c1ccc(NC2CCC2)o1. The Morgan fingerprint density at radius 3 is 2.77 bits per heavy atom. The predicted molar refractivity (Wildman–Crippen MR) is 46.9 cm³/mol. The Kier molecular flexibility index (Phi) is 1.96. The molecular formula is C9H11NO3. The van der Waals surface area contributed by atoms with Crippen LogP contribution in [0.1, 0.15) is 29.8 Å². The van der Waals surface area contributed by atoms with E-state index in [9.17, 15) is 4.79 Å². The minimum absolute atomic E-state index is 0.0122. The first kappa shape index (κ1) is 8.16. The van der Waals surface area contributed by atoms with Gasteiger partial charge in [0.2, 0.25) is 5.76 Å². The first-order valence-corrected chi connectivity index (χ1v) is 4.35. The number of carbonyl (C=O) groups is 1. The molecule has 1 heterocycles. The fourth-order valence-corrected chi connectivity index (χ4v) is 1.28. The minimum atomic E-state index is -1.03. The summed E-state index contributed by atoms with van der Waals surface area (Å²) in [4.78, 5) is 10.5. The lowest BCUT2D eigenvalue weighted by atomic mass is 9.93. The molecule has 4 nitrogen and oxygen atoms in total. The van der Waals surface area contributed by atoms with E-state index in [1.807, 2.05) is 0 Å². The highest BCUT2D eigenvalue weighted by Crippen LogP contribution is 2.24. The van der Waals surface area contributed by atoms with Crippen LogP contribution in [0.4, 0.5) is 5.88 Å². The van der Waals surface area contributed by atoms with Gasteiger partial charge in [-0.3, -0.25) is 0 Å². The molecule has 1 aliphatic carbocycles. The Bertz CT molecular complexity index is 314. The zero-order chi connectivity index (χ0) is 9.26. The van der Waals surface area contributed by atoms with Gasteiger partial charge in [-0.05, 0) is 25.3 Å². The van der Waals surface area contributed by atoms with Gasteiger partial charge < -0.3 is 14.8 Å². The molecule has 0 aliphatic heterocycles. The van der Waals surface area contributed by atoms with Gasteiger partial charge in [-0.25, -0.2) is 4.79 Å². The molecule has 0 spiro atoms. The third-order valence-electron chi connectivity index (χ3n) is 2.27. The topological polar surface area (TPSA) is 62.5 Å². The first-order valence-electron chi connectivity index (χ1n) is 4.35. The van der Waals surface area contributed by atoms with Crippen molar-refractivity contribution in [2.24, 2.45) is 0 Å². The number of carboxylic acids is 1. The Hall–Kier alpha value is -1.45. The van der Waals surface area contributed by atoms with Crippen molar-refractivity contribution in [3.63, 3.8) is 0 Å². The minimum Gasteiger partial charge on any atom is -0.475 e. The standard InChI is InChI=1S/C9H11NO3/c11-9(12)7-4-5-8(13-7)10-6-2-1-3-6/h4-6,10H,1-3H2,(H,11,12). The fourth-order valence-electron chi connectivity index (χ4n) is 1.28. The lowest BCUT2D eigenvalue weighted by Crippen LogP contribution is -2.26. The molecule has 1 saturated carbocycles. The second-order valence-corrected chi connectivity index (χ2v) is 3.24. The normalized spacial score (nSPS) is 16.6. The van der Waals surface area contributed by atoms with Gasteiger partial charge in [0.15, 0.2) is 5.88 Å². The maximum Gasteiger partial charge on any atom is 0.371 e. The number of aromatic carboxylic acids is 1. The molecule has 0 aromatic carbocycles.